The predicted octanol–water partition coefficient (Wildman–Crippen LogP) is 1.46. The first kappa shape index (κ1) is 10.3. The van der Waals surface area contributed by atoms with Gasteiger partial charge < -0.3 is 5.73 Å². The van der Waals surface area contributed by atoms with E-state index >= 15 is 0 Å². The van der Waals surface area contributed by atoms with E-state index in [9.17, 15) is 12.8 Å². The van der Waals surface area contributed by atoms with Gasteiger partial charge in [-0.1, -0.05) is 11.6 Å². The van der Waals surface area contributed by atoms with Gasteiger partial charge >= 0.3 is 0 Å². The minimum atomic E-state index is -3.59. The van der Waals surface area contributed by atoms with Crippen LogP contribution in [0.3, 0.4) is 0 Å². The summed E-state index contributed by atoms with van der Waals surface area (Å²) >= 11 is 5.54. The molecular weight excluding hydrogens is 217 g/mol. The van der Waals surface area contributed by atoms with Crippen molar-refractivity contribution in [1.82, 2.24) is 0 Å². The van der Waals surface area contributed by atoms with Crippen LogP contribution >= 0.6 is 11.6 Å². The van der Waals surface area contributed by atoms with E-state index in [0.29, 0.717) is 0 Å². The monoisotopic (exact) mass is 223 g/mol. The Morgan fingerprint density at radius 3 is 2.46 bits per heavy atom. The molecule has 0 bridgehead atoms. The molecule has 0 aliphatic heterocycles. The summed E-state index contributed by atoms with van der Waals surface area (Å²) in [5.74, 6) is -0.885. The Morgan fingerprint density at radius 1 is 1.46 bits per heavy atom. The molecule has 0 aliphatic rings. The highest BCUT2D eigenvalue weighted by Gasteiger charge is 2.15. The Hall–Kier alpha value is -0.810. The maximum absolute atomic E-state index is 13.0. The third kappa shape index (κ3) is 2.10. The fourth-order valence-corrected chi connectivity index (χ4v) is 1.80. The lowest BCUT2D eigenvalue weighted by molar-refractivity contribution is 0.571. The fraction of sp³-hybridized carbons (Fsp3) is 0.143. The first-order chi connectivity index (χ1) is 5.82. The van der Waals surface area contributed by atoms with E-state index < -0.39 is 20.5 Å². The molecule has 0 saturated heterocycles. The number of sulfone groups is 1. The summed E-state index contributed by atoms with van der Waals surface area (Å²) in [5, 5.41) is 0.0295. The van der Waals surface area contributed by atoms with Gasteiger partial charge in [-0.05, 0) is 12.1 Å². The number of rotatable bonds is 1. The van der Waals surface area contributed by atoms with Crippen LogP contribution in [0.5, 0.6) is 0 Å². The number of hydrogen-bond acceptors (Lipinski definition) is 3. The van der Waals surface area contributed by atoms with Gasteiger partial charge in [0.2, 0.25) is 0 Å². The molecule has 1 aromatic carbocycles. The van der Waals surface area contributed by atoms with Gasteiger partial charge in [0.25, 0.3) is 0 Å². The molecule has 0 saturated carbocycles. The van der Waals surface area contributed by atoms with Gasteiger partial charge in [-0.25, -0.2) is 12.8 Å². The molecule has 0 spiro atoms. The van der Waals surface area contributed by atoms with Gasteiger partial charge in [-0.3, -0.25) is 0 Å². The molecule has 0 aromatic heterocycles. The Labute approximate surface area is 80.2 Å². The molecule has 13 heavy (non-hydrogen) atoms. The van der Waals surface area contributed by atoms with Gasteiger partial charge in [-0.2, -0.15) is 0 Å². The van der Waals surface area contributed by atoms with E-state index in [4.69, 9.17) is 17.3 Å². The van der Waals surface area contributed by atoms with Crippen molar-refractivity contribution in [2.45, 2.75) is 4.90 Å². The van der Waals surface area contributed by atoms with E-state index in [-0.39, 0.29) is 10.7 Å². The quantitative estimate of drug-likeness (QED) is 0.734. The fourth-order valence-electron chi connectivity index (χ4n) is 0.828. The highest BCUT2D eigenvalue weighted by Crippen LogP contribution is 2.25. The van der Waals surface area contributed by atoms with Crippen LogP contribution in [0, 0.1) is 5.82 Å². The second-order valence-corrected chi connectivity index (χ2v) is 4.97. The van der Waals surface area contributed by atoms with E-state index in [1.807, 2.05) is 0 Å². The van der Waals surface area contributed by atoms with Crippen LogP contribution in [0.25, 0.3) is 0 Å². The third-order valence-electron chi connectivity index (χ3n) is 1.45. The number of nitrogen functional groups attached to an aromatic ring is 1. The second kappa shape index (κ2) is 3.16. The lowest BCUT2D eigenvalue weighted by Gasteiger charge is -2.03. The molecule has 0 fully saturated rings. The molecular formula is C7H7ClFNO2S. The van der Waals surface area contributed by atoms with Crippen LogP contribution in [-0.4, -0.2) is 14.7 Å². The highest BCUT2D eigenvalue weighted by molar-refractivity contribution is 7.90. The Bertz CT molecular complexity index is 444. The first-order valence-electron chi connectivity index (χ1n) is 3.27. The summed E-state index contributed by atoms with van der Waals surface area (Å²) in [5.41, 5.74) is 5.29. The third-order valence-corrected chi connectivity index (χ3v) is 2.89. The maximum atomic E-state index is 13.0. The summed E-state index contributed by atoms with van der Waals surface area (Å²) in [6, 6.07) is 1.89. The Balaban J connectivity index is 3.50. The normalized spacial score (nSPS) is 11.6. The molecule has 72 valence electrons. The van der Waals surface area contributed by atoms with Crippen molar-refractivity contribution in [2.24, 2.45) is 0 Å². The average Bonchev–Trinajstić information content (AvgIpc) is 1.94. The van der Waals surface area contributed by atoms with Crippen LogP contribution in [0.4, 0.5) is 10.1 Å². The molecule has 0 atom stereocenters. The molecule has 1 aromatic rings. The predicted molar refractivity (Wildman–Crippen MR) is 48.9 cm³/mol. The molecule has 3 nitrogen and oxygen atoms in total. The average molecular weight is 224 g/mol. The van der Waals surface area contributed by atoms with E-state index in [0.717, 1.165) is 18.4 Å². The summed E-state index contributed by atoms with van der Waals surface area (Å²) in [7, 11) is -3.59. The topological polar surface area (TPSA) is 60.2 Å². The summed E-state index contributed by atoms with van der Waals surface area (Å²) in [6.45, 7) is 0. The molecule has 0 aliphatic carbocycles. The molecule has 2 N–H and O–H groups in total. The SMILES string of the molecule is CS(=O)(=O)c1cc(Cl)c(N)cc1F. The van der Waals surface area contributed by atoms with Crippen LogP contribution in [0.1, 0.15) is 0 Å². The number of anilines is 1. The van der Waals surface area contributed by atoms with Gasteiger partial charge in [-0.15, -0.1) is 0 Å². The van der Waals surface area contributed by atoms with E-state index in [1.165, 1.54) is 0 Å². The zero-order valence-corrected chi connectivity index (χ0v) is 8.29. The Kier molecular flexibility index (Phi) is 2.49. The standard InChI is InChI=1S/C7H7ClFNO2S/c1-13(11,12)7-2-4(8)6(10)3-5(7)9/h2-3H,10H2,1H3. The van der Waals surface area contributed by atoms with Crippen LogP contribution in [0.15, 0.2) is 17.0 Å². The zero-order chi connectivity index (χ0) is 10.2. The van der Waals surface area contributed by atoms with Gasteiger partial charge in [0.1, 0.15) is 10.7 Å². The number of hydrogen-bond donors (Lipinski definition) is 1. The molecule has 6 heteroatoms. The maximum Gasteiger partial charge on any atom is 0.178 e. The van der Waals surface area contributed by atoms with Gasteiger partial charge in [0, 0.05) is 6.26 Å². The van der Waals surface area contributed by atoms with Crippen molar-refractivity contribution in [3.8, 4) is 0 Å². The van der Waals surface area contributed by atoms with Crippen molar-refractivity contribution in [3.63, 3.8) is 0 Å². The lowest BCUT2D eigenvalue weighted by atomic mass is 10.3. The van der Waals surface area contributed by atoms with Crippen molar-refractivity contribution in [2.75, 3.05) is 12.0 Å². The molecule has 0 amide bonds. The summed E-state index contributed by atoms with van der Waals surface area (Å²) in [4.78, 5) is -0.438. The van der Waals surface area contributed by atoms with Crippen LogP contribution in [-0.2, 0) is 9.84 Å². The minimum absolute atomic E-state index is 0.0200. The number of nitrogens with two attached hydrogens (primary N) is 1. The first-order valence-corrected chi connectivity index (χ1v) is 5.54. The summed E-state index contributed by atoms with van der Waals surface area (Å²) in [6.07, 6.45) is 0.901. The molecule has 1 rings (SSSR count). The smallest absolute Gasteiger partial charge is 0.178 e. The molecule has 0 heterocycles. The zero-order valence-electron chi connectivity index (χ0n) is 6.71. The van der Waals surface area contributed by atoms with Gasteiger partial charge in [0.05, 0.1) is 10.7 Å². The lowest BCUT2D eigenvalue weighted by Crippen LogP contribution is -2.02. The van der Waals surface area contributed by atoms with Crippen molar-refractivity contribution >= 4 is 27.1 Å². The van der Waals surface area contributed by atoms with Gasteiger partial charge in [0.15, 0.2) is 9.84 Å². The molecule has 0 unspecified atom stereocenters. The highest BCUT2D eigenvalue weighted by atomic mass is 35.5. The second-order valence-electron chi connectivity index (χ2n) is 2.58. The van der Waals surface area contributed by atoms with E-state index in [2.05, 4.69) is 0 Å². The van der Waals surface area contributed by atoms with Crippen LogP contribution in [0.2, 0.25) is 5.02 Å². The number of halogens is 2. The van der Waals surface area contributed by atoms with Crippen molar-refractivity contribution in [3.05, 3.63) is 23.0 Å². The Morgan fingerprint density at radius 2 is 2.00 bits per heavy atom. The van der Waals surface area contributed by atoms with Crippen molar-refractivity contribution in [1.29, 1.82) is 0 Å². The molecule has 0 radical (unpaired) electrons. The van der Waals surface area contributed by atoms with Crippen LogP contribution < -0.4 is 5.73 Å². The minimum Gasteiger partial charge on any atom is -0.397 e. The largest absolute Gasteiger partial charge is 0.397 e. The van der Waals surface area contributed by atoms with Crippen molar-refractivity contribution < 1.29 is 12.8 Å². The van der Waals surface area contributed by atoms with E-state index in [1.54, 1.807) is 0 Å². The summed E-state index contributed by atoms with van der Waals surface area (Å²) < 4.78 is 35.0. The number of benzene rings is 1.